The molecule has 1 saturated heterocycles. The van der Waals surface area contributed by atoms with E-state index in [1.54, 1.807) is 6.33 Å². The molecule has 2 aromatic heterocycles. The van der Waals surface area contributed by atoms with Gasteiger partial charge in [-0.25, -0.2) is 19.5 Å². The molecule has 3 rings (SSSR count). The Labute approximate surface area is 132 Å². The molecule has 23 heavy (non-hydrogen) atoms. The Hall–Kier alpha value is -1.58. The lowest BCUT2D eigenvalue weighted by Gasteiger charge is -2.16. The molecule has 1 aliphatic rings. The van der Waals surface area contributed by atoms with E-state index in [1.807, 2.05) is 4.57 Å². The molecule has 2 aromatic rings. The van der Waals surface area contributed by atoms with Crippen LogP contribution in [0.1, 0.15) is 12.8 Å². The maximum atomic E-state index is 11.3. The van der Waals surface area contributed by atoms with Crippen molar-refractivity contribution < 1.29 is 23.2 Å². The van der Waals surface area contributed by atoms with Crippen LogP contribution in [0.3, 0.4) is 0 Å². The van der Waals surface area contributed by atoms with E-state index in [-0.39, 0.29) is 18.8 Å². The van der Waals surface area contributed by atoms with Crippen LogP contribution in [0.4, 0.5) is 5.82 Å². The van der Waals surface area contributed by atoms with Crippen molar-refractivity contribution in [1.29, 1.82) is 0 Å². The monoisotopic (exact) mass is 343 g/mol. The van der Waals surface area contributed by atoms with Crippen molar-refractivity contribution in [2.45, 2.75) is 31.6 Å². The molecule has 0 aromatic carbocycles. The molecule has 1 aliphatic heterocycles. The lowest BCUT2D eigenvalue weighted by atomic mass is 10.2. The van der Waals surface area contributed by atoms with Gasteiger partial charge in [0.05, 0.1) is 31.7 Å². The molecule has 1 unspecified atom stereocenters. The molecule has 126 valence electrons. The van der Waals surface area contributed by atoms with Gasteiger partial charge in [-0.05, 0) is 12.8 Å². The number of hydrogen-bond acceptors (Lipinski definition) is 8. The van der Waals surface area contributed by atoms with Crippen LogP contribution in [-0.2, 0) is 24.9 Å². The van der Waals surface area contributed by atoms with Crippen LogP contribution in [-0.4, -0.2) is 50.3 Å². The molecule has 0 amide bonds. The number of nitrogens with zero attached hydrogens (tertiary/aromatic N) is 4. The van der Waals surface area contributed by atoms with Gasteiger partial charge in [0.2, 0.25) is 0 Å². The summed E-state index contributed by atoms with van der Waals surface area (Å²) in [5.41, 5.74) is 6.97. The maximum Gasteiger partial charge on any atom is 0.472 e. The molecule has 1 fully saturated rings. The van der Waals surface area contributed by atoms with Crippen molar-refractivity contribution in [3.63, 3.8) is 0 Å². The molecular formula is C12H18N5O5P. The number of nitrogens with two attached hydrogens (primary N) is 1. The third-order valence-corrected chi connectivity index (χ3v) is 4.62. The third-order valence-electron chi connectivity index (χ3n) is 3.68. The first kappa shape index (κ1) is 16.3. The Balaban J connectivity index is 1.59. The zero-order valence-corrected chi connectivity index (χ0v) is 13.4. The number of aromatic nitrogens is 4. The summed E-state index contributed by atoms with van der Waals surface area (Å²) >= 11 is 0. The second kappa shape index (κ2) is 6.50. The Bertz CT molecular complexity index is 738. The highest BCUT2D eigenvalue weighted by Crippen LogP contribution is 2.42. The lowest BCUT2D eigenvalue weighted by Crippen LogP contribution is -2.20. The van der Waals surface area contributed by atoms with Crippen LogP contribution in [0.25, 0.3) is 11.2 Å². The summed E-state index contributed by atoms with van der Waals surface area (Å²) in [6.07, 6.45) is 4.28. The number of imidazole rings is 1. The van der Waals surface area contributed by atoms with E-state index in [9.17, 15) is 9.46 Å². The first-order chi connectivity index (χ1) is 11.0. The van der Waals surface area contributed by atoms with Gasteiger partial charge in [0.25, 0.3) is 0 Å². The number of phosphoric ester groups is 1. The minimum atomic E-state index is -3.97. The number of ether oxygens (including phenoxy) is 1. The minimum absolute atomic E-state index is 0.0118. The van der Waals surface area contributed by atoms with Crippen LogP contribution in [0.5, 0.6) is 0 Å². The number of fused-ring (bicyclic) bond motifs is 1. The molecule has 0 bridgehead atoms. The number of nitrogen functional groups attached to an aromatic ring is 1. The van der Waals surface area contributed by atoms with Gasteiger partial charge >= 0.3 is 7.82 Å². The van der Waals surface area contributed by atoms with E-state index in [1.165, 1.54) is 6.33 Å². The molecule has 0 radical (unpaired) electrons. The smallest absolute Gasteiger partial charge is 0.382 e. The van der Waals surface area contributed by atoms with Crippen molar-refractivity contribution >= 4 is 24.8 Å². The molecule has 0 aliphatic carbocycles. The van der Waals surface area contributed by atoms with Crippen molar-refractivity contribution in [2.24, 2.45) is 0 Å². The predicted molar refractivity (Wildman–Crippen MR) is 80.4 cm³/mol. The van der Waals surface area contributed by atoms with Crippen molar-refractivity contribution in [3.05, 3.63) is 12.7 Å². The normalized spacial score (nSPS) is 24.1. The predicted octanol–water partition coefficient (Wildman–Crippen LogP) is 0.719. The van der Waals surface area contributed by atoms with E-state index in [4.69, 9.17) is 15.0 Å². The van der Waals surface area contributed by atoms with Crippen molar-refractivity contribution in [1.82, 2.24) is 19.5 Å². The fourth-order valence-corrected chi connectivity index (χ4v) is 2.98. The highest BCUT2D eigenvalue weighted by molar-refractivity contribution is 7.47. The second-order valence-corrected chi connectivity index (χ2v) is 6.79. The average Bonchev–Trinajstić information content (AvgIpc) is 3.14. The third kappa shape index (κ3) is 3.67. The summed E-state index contributed by atoms with van der Waals surface area (Å²) in [6, 6.07) is 0. The summed E-state index contributed by atoms with van der Waals surface area (Å²) in [6.45, 7) is 0.572. The van der Waals surface area contributed by atoms with Crippen LogP contribution in [0.15, 0.2) is 12.7 Å². The van der Waals surface area contributed by atoms with Crippen LogP contribution in [0.2, 0.25) is 0 Å². The highest BCUT2D eigenvalue weighted by Gasteiger charge is 2.29. The van der Waals surface area contributed by atoms with E-state index < -0.39 is 7.82 Å². The van der Waals surface area contributed by atoms with E-state index in [2.05, 4.69) is 19.5 Å². The zero-order valence-electron chi connectivity index (χ0n) is 12.5. The fourth-order valence-electron chi connectivity index (χ4n) is 2.52. The number of phosphoric acid groups is 1. The maximum absolute atomic E-state index is 11.3. The standard InChI is InChI=1S/C12H18N5O5P/c1-20-23(18,19)21-5-9-3-2-8(22-9)4-17-7-16-10-11(13)14-6-15-12(10)17/h6-9H,2-5H2,1H3,(H,18,19)(H2,13,14,15)/t8-,9+/m1/s1. The number of hydrogen-bond donors (Lipinski definition) is 2. The van der Waals surface area contributed by atoms with Gasteiger partial charge in [0.15, 0.2) is 11.5 Å². The summed E-state index contributed by atoms with van der Waals surface area (Å²) in [7, 11) is -2.84. The molecule has 0 spiro atoms. The second-order valence-electron chi connectivity index (χ2n) is 5.23. The van der Waals surface area contributed by atoms with Crippen LogP contribution < -0.4 is 5.73 Å². The molecule has 3 atom stereocenters. The van der Waals surface area contributed by atoms with Gasteiger partial charge in [-0.2, -0.15) is 0 Å². The summed E-state index contributed by atoms with van der Waals surface area (Å²) < 4.78 is 28.1. The van der Waals surface area contributed by atoms with Gasteiger partial charge in [-0.1, -0.05) is 0 Å². The fraction of sp³-hybridized carbons (Fsp3) is 0.583. The topological polar surface area (TPSA) is 135 Å². The molecule has 3 N–H and O–H groups in total. The van der Waals surface area contributed by atoms with Gasteiger partial charge < -0.3 is 19.9 Å². The SMILES string of the molecule is COP(=O)(O)OC[C@@H]1CC[C@H](Cn2cnc3c(N)ncnc32)O1. The van der Waals surface area contributed by atoms with Crippen molar-refractivity contribution in [3.8, 4) is 0 Å². The highest BCUT2D eigenvalue weighted by atomic mass is 31.2. The molecule has 11 heteroatoms. The quantitative estimate of drug-likeness (QED) is 0.727. The van der Waals surface area contributed by atoms with Gasteiger partial charge in [-0.3, -0.25) is 9.05 Å². The Kier molecular flexibility index (Phi) is 4.60. The Morgan fingerprint density at radius 3 is 3.00 bits per heavy atom. The zero-order chi connectivity index (χ0) is 16.4. The van der Waals surface area contributed by atoms with E-state index in [0.29, 0.717) is 23.5 Å². The molecule has 10 nitrogen and oxygen atoms in total. The molecular weight excluding hydrogens is 325 g/mol. The first-order valence-corrected chi connectivity index (χ1v) is 8.58. The summed E-state index contributed by atoms with van der Waals surface area (Å²) in [4.78, 5) is 21.5. The summed E-state index contributed by atoms with van der Waals surface area (Å²) in [5, 5.41) is 0. The minimum Gasteiger partial charge on any atom is -0.382 e. The molecule has 3 heterocycles. The molecule has 0 saturated carbocycles. The summed E-state index contributed by atoms with van der Waals surface area (Å²) in [5.74, 6) is 0.339. The largest absolute Gasteiger partial charge is 0.472 e. The van der Waals surface area contributed by atoms with Crippen LogP contribution in [0, 0.1) is 0 Å². The van der Waals surface area contributed by atoms with Gasteiger partial charge in [0, 0.05) is 7.11 Å². The average molecular weight is 343 g/mol. The lowest BCUT2D eigenvalue weighted by molar-refractivity contribution is 0.00349. The first-order valence-electron chi connectivity index (χ1n) is 7.08. The van der Waals surface area contributed by atoms with Crippen molar-refractivity contribution in [2.75, 3.05) is 19.5 Å². The van der Waals surface area contributed by atoms with Crippen LogP contribution >= 0.6 is 7.82 Å². The van der Waals surface area contributed by atoms with Gasteiger partial charge in [0.1, 0.15) is 11.8 Å². The number of anilines is 1. The number of rotatable bonds is 6. The Morgan fingerprint density at radius 2 is 2.22 bits per heavy atom. The Morgan fingerprint density at radius 1 is 1.43 bits per heavy atom. The van der Waals surface area contributed by atoms with E-state index in [0.717, 1.165) is 20.0 Å². The van der Waals surface area contributed by atoms with E-state index >= 15 is 0 Å². The van der Waals surface area contributed by atoms with Gasteiger partial charge in [-0.15, -0.1) is 0 Å².